The van der Waals surface area contributed by atoms with E-state index in [4.69, 9.17) is 25.8 Å². The molecule has 6 nitrogen and oxygen atoms in total. The van der Waals surface area contributed by atoms with Crippen LogP contribution in [0.15, 0.2) is 36.4 Å². The minimum absolute atomic E-state index is 0.0225. The predicted molar refractivity (Wildman–Crippen MR) is 98.8 cm³/mol. The van der Waals surface area contributed by atoms with Gasteiger partial charge in [-0.15, -0.1) is 0 Å². The van der Waals surface area contributed by atoms with Gasteiger partial charge in [0, 0.05) is 34.5 Å². The average molecular weight is 396 g/mol. The molecular weight excluding hydrogens is 377 g/mol. The van der Waals surface area contributed by atoms with E-state index in [2.05, 4.69) is 5.32 Å². The molecule has 0 aliphatic rings. The van der Waals surface area contributed by atoms with E-state index < -0.39 is 23.8 Å². The van der Waals surface area contributed by atoms with Gasteiger partial charge in [-0.25, -0.2) is 4.39 Å². The van der Waals surface area contributed by atoms with Gasteiger partial charge in [-0.2, -0.15) is 0 Å². The fraction of sp³-hybridized carbons (Fsp3) is 0.263. The van der Waals surface area contributed by atoms with Crippen molar-refractivity contribution in [2.45, 2.75) is 19.4 Å². The first kappa shape index (κ1) is 20.5. The highest BCUT2D eigenvalue weighted by molar-refractivity contribution is 6.31. The highest BCUT2D eigenvalue weighted by Crippen LogP contribution is 2.26. The van der Waals surface area contributed by atoms with E-state index in [-0.39, 0.29) is 17.0 Å². The summed E-state index contributed by atoms with van der Waals surface area (Å²) in [7, 11) is 2.97. The van der Waals surface area contributed by atoms with Crippen molar-refractivity contribution < 1.29 is 28.2 Å². The molecule has 0 bridgehead atoms. The fourth-order valence-electron chi connectivity index (χ4n) is 2.26. The number of hydrogen-bond acceptors (Lipinski definition) is 5. The smallest absolute Gasteiger partial charge is 0.311 e. The lowest BCUT2D eigenvalue weighted by Gasteiger charge is -2.15. The Kier molecular flexibility index (Phi) is 7.01. The summed E-state index contributed by atoms with van der Waals surface area (Å²) in [5.41, 5.74) is 0.436. The number of methoxy groups -OCH3 is 2. The van der Waals surface area contributed by atoms with E-state index in [0.717, 1.165) is 0 Å². The molecule has 0 saturated carbocycles. The first-order chi connectivity index (χ1) is 12.8. The van der Waals surface area contributed by atoms with Crippen molar-refractivity contribution in [2.24, 2.45) is 0 Å². The molecule has 8 heteroatoms. The molecule has 0 fully saturated rings. The van der Waals surface area contributed by atoms with Crippen molar-refractivity contribution >= 4 is 29.2 Å². The molecule has 0 heterocycles. The third kappa shape index (κ3) is 5.59. The Labute approximate surface area is 161 Å². The Morgan fingerprint density at radius 2 is 1.78 bits per heavy atom. The van der Waals surface area contributed by atoms with Crippen LogP contribution in [-0.4, -0.2) is 32.2 Å². The summed E-state index contributed by atoms with van der Waals surface area (Å²) in [6.45, 7) is 1.41. The van der Waals surface area contributed by atoms with Crippen LogP contribution < -0.4 is 14.8 Å². The molecule has 144 valence electrons. The summed E-state index contributed by atoms with van der Waals surface area (Å²) >= 11 is 5.89. The molecule has 0 spiro atoms. The number of anilines is 1. The van der Waals surface area contributed by atoms with E-state index in [1.54, 1.807) is 18.2 Å². The van der Waals surface area contributed by atoms with Gasteiger partial charge in [-0.05, 0) is 19.1 Å². The lowest BCUT2D eigenvalue weighted by atomic mass is 10.1. The number of benzene rings is 2. The zero-order valence-electron chi connectivity index (χ0n) is 15.0. The first-order valence-corrected chi connectivity index (χ1v) is 8.38. The van der Waals surface area contributed by atoms with Gasteiger partial charge in [0.2, 0.25) is 0 Å². The molecule has 0 aliphatic heterocycles. The third-order valence-corrected chi connectivity index (χ3v) is 4.03. The molecule has 0 aromatic heterocycles. The molecule has 0 radical (unpaired) electrons. The Morgan fingerprint density at radius 3 is 2.33 bits per heavy atom. The number of nitrogens with one attached hydrogen (secondary N) is 1. The minimum Gasteiger partial charge on any atom is -0.497 e. The molecule has 1 N–H and O–H groups in total. The lowest BCUT2D eigenvalue weighted by Crippen LogP contribution is -2.30. The molecule has 0 saturated heterocycles. The Bertz CT molecular complexity index is 800. The normalized spacial score (nSPS) is 11.4. The van der Waals surface area contributed by atoms with Crippen LogP contribution in [0.4, 0.5) is 10.1 Å². The van der Waals surface area contributed by atoms with Crippen molar-refractivity contribution in [2.75, 3.05) is 19.5 Å². The first-order valence-electron chi connectivity index (χ1n) is 8.00. The zero-order valence-corrected chi connectivity index (χ0v) is 15.8. The van der Waals surface area contributed by atoms with Gasteiger partial charge in [-0.1, -0.05) is 17.7 Å². The standard InChI is InChI=1S/C19H19ClFNO5/c1-11(27-18(23)10-15-16(20)5-4-6-17(15)21)19(24)22-12-7-13(25-2)9-14(8-12)26-3/h4-9,11H,10H2,1-3H3,(H,22,24)/t11-/m1/s1. The number of amides is 1. The summed E-state index contributed by atoms with van der Waals surface area (Å²) in [6.07, 6.45) is -1.48. The van der Waals surface area contributed by atoms with Gasteiger partial charge >= 0.3 is 5.97 Å². The van der Waals surface area contributed by atoms with Crippen molar-refractivity contribution in [3.05, 3.63) is 52.8 Å². The van der Waals surface area contributed by atoms with E-state index >= 15 is 0 Å². The van der Waals surface area contributed by atoms with Crippen LogP contribution in [0.2, 0.25) is 5.02 Å². The second-order valence-electron chi connectivity index (χ2n) is 5.60. The number of ether oxygens (including phenoxy) is 3. The molecule has 1 amide bonds. The number of carbonyl (C=O) groups excluding carboxylic acids is 2. The Hall–Kier alpha value is -2.80. The molecular formula is C19H19ClFNO5. The number of carbonyl (C=O) groups is 2. The maximum atomic E-state index is 13.7. The predicted octanol–water partition coefficient (Wildman–Crippen LogP) is 3.61. The van der Waals surface area contributed by atoms with Crippen LogP contribution in [0, 0.1) is 5.82 Å². The van der Waals surface area contributed by atoms with E-state index in [1.807, 2.05) is 0 Å². The maximum absolute atomic E-state index is 13.7. The summed E-state index contributed by atoms with van der Waals surface area (Å²) in [6, 6.07) is 8.94. The second kappa shape index (κ2) is 9.23. The highest BCUT2D eigenvalue weighted by atomic mass is 35.5. The van der Waals surface area contributed by atoms with Crippen LogP contribution in [0.1, 0.15) is 12.5 Å². The summed E-state index contributed by atoms with van der Waals surface area (Å²) in [5, 5.41) is 2.72. The topological polar surface area (TPSA) is 73.9 Å². The van der Waals surface area contributed by atoms with Crippen molar-refractivity contribution in [3.63, 3.8) is 0 Å². The van der Waals surface area contributed by atoms with Crippen LogP contribution in [-0.2, 0) is 20.7 Å². The lowest BCUT2D eigenvalue weighted by molar-refractivity contribution is -0.152. The number of halogens is 2. The molecule has 2 aromatic rings. The zero-order chi connectivity index (χ0) is 20.0. The fourth-order valence-corrected chi connectivity index (χ4v) is 2.49. The largest absolute Gasteiger partial charge is 0.497 e. The van der Waals surface area contributed by atoms with Gasteiger partial charge in [-0.3, -0.25) is 9.59 Å². The SMILES string of the molecule is COc1cc(NC(=O)[C@@H](C)OC(=O)Cc2c(F)cccc2Cl)cc(OC)c1. The number of esters is 1. The number of rotatable bonds is 7. The molecule has 2 aromatic carbocycles. The Balaban J connectivity index is 2.00. The van der Waals surface area contributed by atoms with E-state index in [1.165, 1.54) is 39.3 Å². The van der Waals surface area contributed by atoms with Crippen LogP contribution in [0.5, 0.6) is 11.5 Å². The minimum atomic E-state index is -1.10. The van der Waals surface area contributed by atoms with Crippen LogP contribution in [0.25, 0.3) is 0 Å². The van der Waals surface area contributed by atoms with Crippen molar-refractivity contribution in [1.82, 2.24) is 0 Å². The van der Waals surface area contributed by atoms with Gasteiger partial charge in [0.05, 0.1) is 20.6 Å². The maximum Gasteiger partial charge on any atom is 0.311 e. The van der Waals surface area contributed by atoms with Gasteiger partial charge < -0.3 is 19.5 Å². The third-order valence-electron chi connectivity index (χ3n) is 3.68. The van der Waals surface area contributed by atoms with Gasteiger partial charge in [0.15, 0.2) is 6.10 Å². The summed E-state index contributed by atoms with van der Waals surface area (Å²) in [4.78, 5) is 24.3. The van der Waals surface area contributed by atoms with E-state index in [0.29, 0.717) is 17.2 Å². The monoisotopic (exact) mass is 395 g/mol. The van der Waals surface area contributed by atoms with Crippen molar-refractivity contribution in [1.29, 1.82) is 0 Å². The molecule has 0 aliphatic carbocycles. The Morgan fingerprint density at radius 1 is 1.15 bits per heavy atom. The molecule has 0 unspecified atom stereocenters. The average Bonchev–Trinajstić information content (AvgIpc) is 2.64. The summed E-state index contributed by atoms with van der Waals surface area (Å²) in [5.74, 6) is -0.960. The molecule has 2 rings (SSSR count). The summed E-state index contributed by atoms with van der Waals surface area (Å²) < 4.78 is 29.1. The highest BCUT2D eigenvalue weighted by Gasteiger charge is 2.20. The van der Waals surface area contributed by atoms with Crippen LogP contribution >= 0.6 is 11.6 Å². The molecule has 27 heavy (non-hydrogen) atoms. The molecule has 1 atom stereocenters. The van der Waals surface area contributed by atoms with E-state index in [9.17, 15) is 14.0 Å². The van der Waals surface area contributed by atoms with Gasteiger partial charge in [0.25, 0.3) is 5.91 Å². The van der Waals surface area contributed by atoms with Crippen LogP contribution in [0.3, 0.4) is 0 Å². The second-order valence-corrected chi connectivity index (χ2v) is 6.01. The van der Waals surface area contributed by atoms with Crippen molar-refractivity contribution in [3.8, 4) is 11.5 Å². The van der Waals surface area contributed by atoms with Gasteiger partial charge in [0.1, 0.15) is 17.3 Å². The quantitative estimate of drug-likeness (QED) is 0.725. The number of hydrogen-bond donors (Lipinski definition) is 1.